The van der Waals surface area contributed by atoms with Crippen LogP contribution >= 0.6 is 23.2 Å². The summed E-state index contributed by atoms with van der Waals surface area (Å²) in [5, 5.41) is 3.70. The fraction of sp³-hybridized carbons (Fsp3) is 0.481. The SMILES string of the molecule is CC[C@@H](C(=O)NCC(C)C)N(Cc1ccc(Cl)c(Cl)c1)C(=O)CCCN(c1ccccc1C)S(C)(=O)=O. The van der Waals surface area contributed by atoms with Crippen molar-refractivity contribution in [3.63, 3.8) is 0 Å². The topological polar surface area (TPSA) is 86.8 Å². The van der Waals surface area contributed by atoms with Gasteiger partial charge in [0.15, 0.2) is 0 Å². The van der Waals surface area contributed by atoms with Gasteiger partial charge in [0, 0.05) is 26.1 Å². The number of halogens is 2. The number of amides is 2. The van der Waals surface area contributed by atoms with Gasteiger partial charge in [-0.2, -0.15) is 0 Å². The van der Waals surface area contributed by atoms with Gasteiger partial charge in [0.25, 0.3) is 0 Å². The van der Waals surface area contributed by atoms with Crippen LogP contribution in [0.15, 0.2) is 42.5 Å². The van der Waals surface area contributed by atoms with E-state index in [1.807, 2.05) is 39.8 Å². The first-order valence-corrected chi connectivity index (χ1v) is 15.0. The molecule has 0 unspecified atom stereocenters. The minimum absolute atomic E-state index is 0.0766. The highest BCUT2D eigenvalue weighted by molar-refractivity contribution is 7.92. The van der Waals surface area contributed by atoms with E-state index in [1.165, 1.54) is 4.31 Å². The van der Waals surface area contributed by atoms with Crippen LogP contribution in [0.25, 0.3) is 0 Å². The number of nitrogens with zero attached hydrogens (tertiary/aromatic N) is 2. The first kappa shape index (κ1) is 30.9. The Kier molecular flexibility index (Phi) is 11.7. The molecule has 0 bridgehead atoms. The van der Waals surface area contributed by atoms with Crippen molar-refractivity contribution in [1.82, 2.24) is 10.2 Å². The molecule has 10 heteroatoms. The van der Waals surface area contributed by atoms with E-state index in [1.54, 1.807) is 35.2 Å². The molecule has 0 aromatic heterocycles. The Bertz CT molecular complexity index is 1190. The quantitative estimate of drug-likeness (QED) is 0.348. The molecule has 0 heterocycles. The van der Waals surface area contributed by atoms with E-state index in [-0.39, 0.29) is 37.2 Å². The van der Waals surface area contributed by atoms with Gasteiger partial charge in [-0.3, -0.25) is 13.9 Å². The molecule has 37 heavy (non-hydrogen) atoms. The lowest BCUT2D eigenvalue weighted by atomic mass is 10.1. The molecular formula is C27H37Cl2N3O4S. The fourth-order valence-electron chi connectivity index (χ4n) is 4.00. The Balaban J connectivity index is 2.25. The van der Waals surface area contributed by atoms with Crippen molar-refractivity contribution in [3.05, 3.63) is 63.6 Å². The molecule has 7 nitrogen and oxygen atoms in total. The van der Waals surface area contributed by atoms with Crippen LogP contribution in [0.4, 0.5) is 5.69 Å². The summed E-state index contributed by atoms with van der Waals surface area (Å²) < 4.78 is 26.4. The third-order valence-corrected chi connectivity index (χ3v) is 7.86. The first-order valence-electron chi connectivity index (χ1n) is 12.4. The zero-order valence-corrected chi connectivity index (χ0v) is 24.5. The fourth-order valence-corrected chi connectivity index (χ4v) is 5.35. The van der Waals surface area contributed by atoms with Crippen LogP contribution in [-0.2, 0) is 26.2 Å². The highest BCUT2D eigenvalue weighted by Gasteiger charge is 2.29. The minimum atomic E-state index is -3.55. The van der Waals surface area contributed by atoms with Gasteiger partial charge in [0.2, 0.25) is 21.8 Å². The molecule has 1 atom stereocenters. The number of sulfonamides is 1. The van der Waals surface area contributed by atoms with Gasteiger partial charge < -0.3 is 10.2 Å². The second kappa shape index (κ2) is 14.0. The van der Waals surface area contributed by atoms with E-state index in [2.05, 4.69) is 5.32 Å². The summed E-state index contributed by atoms with van der Waals surface area (Å²) in [6.07, 6.45) is 1.95. The number of hydrogen-bond donors (Lipinski definition) is 1. The van der Waals surface area contributed by atoms with Crippen LogP contribution in [0.3, 0.4) is 0 Å². The van der Waals surface area contributed by atoms with Crippen molar-refractivity contribution < 1.29 is 18.0 Å². The van der Waals surface area contributed by atoms with E-state index >= 15 is 0 Å². The third kappa shape index (κ3) is 9.20. The molecule has 0 aliphatic carbocycles. The number of carbonyl (C=O) groups is 2. The predicted molar refractivity (Wildman–Crippen MR) is 152 cm³/mol. The normalized spacial score (nSPS) is 12.3. The van der Waals surface area contributed by atoms with Crippen LogP contribution in [0.1, 0.15) is 51.2 Å². The van der Waals surface area contributed by atoms with Gasteiger partial charge >= 0.3 is 0 Å². The standard InChI is InChI=1S/C27H37Cl2N3O4S/c1-6-24(27(34)30-17-19(2)3)31(18-21-13-14-22(28)23(29)16-21)26(33)12-9-15-32(37(5,35)36)25-11-8-7-10-20(25)4/h7-8,10-11,13-14,16,19,24H,6,9,12,15,17-18H2,1-5H3,(H,30,34)/t24-/m0/s1. The van der Waals surface area contributed by atoms with Gasteiger partial charge in [0.05, 0.1) is 22.0 Å². The maximum Gasteiger partial charge on any atom is 0.242 e. The Labute approximate surface area is 231 Å². The highest BCUT2D eigenvalue weighted by Crippen LogP contribution is 2.25. The molecule has 0 radical (unpaired) electrons. The lowest BCUT2D eigenvalue weighted by Crippen LogP contribution is -2.49. The summed E-state index contributed by atoms with van der Waals surface area (Å²) in [4.78, 5) is 28.1. The summed E-state index contributed by atoms with van der Waals surface area (Å²) in [5.41, 5.74) is 2.16. The van der Waals surface area contributed by atoms with Gasteiger partial charge in [-0.25, -0.2) is 8.42 Å². The molecule has 0 fully saturated rings. The molecule has 2 rings (SSSR count). The van der Waals surface area contributed by atoms with Crippen molar-refractivity contribution in [1.29, 1.82) is 0 Å². The Morgan fingerprint density at radius 1 is 1.05 bits per heavy atom. The molecule has 0 saturated heterocycles. The first-order chi connectivity index (χ1) is 17.3. The number of hydrogen-bond acceptors (Lipinski definition) is 4. The van der Waals surface area contributed by atoms with E-state index in [4.69, 9.17) is 23.2 Å². The maximum atomic E-state index is 13.5. The number of para-hydroxylation sites is 1. The lowest BCUT2D eigenvalue weighted by molar-refractivity contribution is -0.141. The molecule has 2 aromatic rings. The second-order valence-corrected chi connectivity index (χ2v) is 12.3. The zero-order chi connectivity index (χ0) is 27.8. The third-order valence-electron chi connectivity index (χ3n) is 5.94. The van der Waals surface area contributed by atoms with Gasteiger partial charge in [-0.05, 0) is 55.0 Å². The van der Waals surface area contributed by atoms with Crippen molar-refractivity contribution in [2.75, 3.05) is 23.7 Å². The molecule has 2 amide bonds. The lowest BCUT2D eigenvalue weighted by Gasteiger charge is -2.31. The summed E-state index contributed by atoms with van der Waals surface area (Å²) in [6, 6.07) is 11.7. The van der Waals surface area contributed by atoms with Gasteiger partial charge in [-0.15, -0.1) is 0 Å². The Morgan fingerprint density at radius 3 is 2.30 bits per heavy atom. The van der Waals surface area contributed by atoms with E-state index < -0.39 is 16.1 Å². The summed E-state index contributed by atoms with van der Waals surface area (Å²) in [6.45, 7) is 8.54. The summed E-state index contributed by atoms with van der Waals surface area (Å²) >= 11 is 12.2. The highest BCUT2D eigenvalue weighted by atomic mass is 35.5. The number of aryl methyl sites for hydroxylation is 1. The smallest absolute Gasteiger partial charge is 0.242 e. The molecular weight excluding hydrogens is 533 g/mol. The average Bonchev–Trinajstić information content (AvgIpc) is 2.82. The molecule has 1 N–H and O–H groups in total. The second-order valence-electron chi connectivity index (χ2n) is 9.56. The van der Waals surface area contributed by atoms with Crippen molar-refractivity contribution in [2.45, 2.75) is 59.5 Å². The molecule has 0 aliphatic heterocycles. The monoisotopic (exact) mass is 569 g/mol. The van der Waals surface area contributed by atoms with Crippen molar-refractivity contribution in [3.8, 4) is 0 Å². The number of carbonyl (C=O) groups excluding carboxylic acids is 2. The minimum Gasteiger partial charge on any atom is -0.354 e. The van der Waals surface area contributed by atoms with Crippen LogP contribution in [0.5, 0.6) is 0 Å². The van der Waals surface area contributed by atoms with Crippen molar-refractivity contribution >= 4 is 50.7 Å². The Morgan fingerprint density at radius 2 is 1.73 bits per heavy atom. The van der Waals surface area contributed by atoms with Gasteiger partial charge in [0.1, 0.15) is 6.04 Å². The number of nitrogens with one attached hydrogen (secondary N) is 1. The van der Waals surface area contributed by atoms with Crippen molar-refractivity contribution in [2.24, 2.45) is 5.92 Å². The molecule has 0 aliphatic rings. The van der Waals surface area contributed by atoms with Crippen LogP contribution in [0, 0.1) is 12.8 Å². The number of rotatable bonds is 13. The summed E-state index contributed by atoms with van der Waals surface area (Å²) in [7, 11) is -3.55. The number of anilines is 1. The predicted octanol–water partition coefficient (Wildman–Crippen LogP) is 5.43. The number of benzene rings is 2. The summed E-state index contributed by atoms with van der Waals surface area (Å²) in [5.74, 6) is -0.192. The largest absolute Gasteiger partial charge is 0.354 e. The Hall–Kier alpha value is -2.29. The maximum absolute atomic E-state index is 13.5. The average molecular weight is 571 g/mol. The zero-order valence-electron chi connectivity index (χ0n) is 22.1. The van der Waals surface area contributed by atoms with E-state index in [0.717, 1.165) is 17.4 Å². The molecule has 0 saturated carbocycles. The van der Waals surface area contributed by atoms with E-state index in [9.17, 15) is 18.0 Å². The van der Waals surface area contributed by atoms with Crippen LogP contribution in [0.2, 0.25) is 10.0 Å². The molecule has 204 valence electrons. The van der Waals surface area contributed by atoms with E-state index in [0.29, 0.717) is 35.1 Å². The van der Waals surface area contributed by atoms with Crippen LogP contribution < -0.4 is 9.62 Å². The molecule has 0 spiro atoms. The van der Waals surface area contributed by atoms with Crippen LogP contribution in [-0.4, -0.2) is 50.5 Å². The molecule has 2 aromatic carbocycles. The van der Waals surface area contributed by atoms with Gasteiger partial charge in [-0.1, -0.05) is 68.2 Å².